The molecule has 5 nitrogen and oxygen atoms in total. The van der Waals surface area contributed by atoms with Gasteiger partial charge in [-0.15, -0.1) is 0 Å². The molecule has 4 aromatic rings. The highest BCUT2D eigenvalue weighted by Crippen LogP contribution is 2.39. The molecule has 0 aliphatic carbocycles. The van der Waals surface area contributed by atoms with Gasteiger partial charge in [0.05, 0.1) is 24.1 Å². The molecule has 37 heavy (non-hydrogen) atoms. The molecule has 6 heteroatoms. The Hall–Kier alpha value is -3.90. The molecule has 3 aromatic carbocycles. The molecular weight excluding hydrogens is 480 g/mol. The van der Waals surface area contributed by atoms with E-state index in [1.165, 1.54) is 10.6 Å². The van der Waals surface area contributed by atoms with E-state index in [0.29, 0.717) is 29.1 Å². The van der Waals surface area contributed by atoms with Crippen LogP contribution in [-0.2, 0) is 16.6 Å². The van der Waals surface area contributed by atoms with Crippen molar-refractivity contribution in [1.82, 2.24) is 4.98 Å². The molecule has 4 rings (SSSR count). The van der Waals surface area contributed by atoms with Crippen LogP contribution in [0.3, 0.4) is 0 Å². The lowest BCUT2D eigenvalue weighted by atomic mass is 9.96. The van der Waals surface area contributed by atoms with Crippen molar-refractivity contribution < 1.29 is 13.2 Å². The third-order valence-corrected chi connectivity index (χ3v) is 7.28. The number of sulfonamides is 1. The Balaban J connectivity index is 1.96. The van der Waals surface area contributed by atoms with Crippen LogP contribution in [0.15, 0.2) is 91.0 Å². The van der Waals surface area contributed by atoms with Gasteiger partial charge in [-0.1, -0.05) is 110 Å². The molecular formula is C31H32N2O3S. The summed E-state index contributed by atoms with van der Waals surface area (Å²) >= 11 is 0. The highest BCUT2D eigenvalue weighted by molar-refractivity contribution is 7.92. The molecule has 0 saturated carbocycles. The minimum atomic E-state index is -3.69. The first-order valence-electron chi connectivity index (χ1n) is 12.5. The van der Waals surface area contributed by atoms with E-state index in [1.54, 1.807) is 0 Å². The third kappa shape index (κ3) is 6.46. The van der Waals surface area contributed by atoms with Crippen molar-refractivity contribution in [3.63, 3.8) is 0 Å². The second-order valence-electron chi connectivity index (χ2n) is 9.03. The Labute approximate surface area is 219 Å². The van der Waals surface area contributed by atoms with Gasteiger partial charge in [0.2, 0.25) is 10.0 Å². The van der Waals surface area contributed by atoms with Crippen molar-refractivity contribution >= 4 is 33.8 Å². The lowest BCUT2D eigenvalue weighted by Gasteiger charge is -2.23. The zero-order valence-electron chi connectivity index (χ0n) is 21.2. The van der Waals surface area contributed by atoms with Gasteiger partial charge in [-0.25, -0.2) is 8.42 Å². The number of aromatic amines is 1. The Morgan fingerprint density at radius 1 is 0.865 bits per heavy atom. The first kappa shape index (κ1) is 26.2. The number of hydrogen-bond donors (Lipinski definition) is 1. The minimum absolute atomic E-state index is 0.0101. The molecule has 0 unspecified atom stereocenters. The largest absolute Gasteiger partial charge is 0.340 e. The van der Waals surface area contributed by atoms with Crippen LogP contribution >= 0.6 is 0 Å². The second-order valence-corrected chi connectivity index (χ2v) is 10.9. The number of aromatic nitrogens is 1. The van der Waals surface area contributed by atoms with Crippen LogP contribution in [0.2, 0.25) is 0 Å². The minimum Gasteiger partial charge on any atom is -0.340 e. The van der Waals surface area contributed by atoms with Crippen LogP contribution in [0, 0.1) is 0 Å². The monoisotopic (exact) mass is 512 g/mol. The molecule has 0 amide bonds. The van der Waals surface area contributed by atoms with Crippen LogP contribution < -0.4 is 4.31 Å². The Morgan fingerprint density at radius 2 is 1.46 bits per heavy atom. The molecule has 0 saturated heterocycles. The van der Waals surface area contributed by atoms with Gasteiger partial charge in [0.25, 0.3) is 0 Å². The maximum absolute atomic E-state index is 13.7. The number of Topliss-reactive ketones (excluding diaryl/α,β-unsaturated/α-hetero) is 1. The van der Waals surface area contributed by atoms with Crippen molar-refractivity contribution in [2.75, 3.05) is 10.6 Å². The smallest absolute Gasteiger partial charge is 0.233 e. The number of nitrogens with one attached hydrogen (secondary N) is 1. The van der Waals surface area contributed by atoms with Crippen LogP contribution in [0.1, 0.15) is 53.4 Å². The Bertz CT molecular complexity index is 1460. The number of rotatable bonds is 11. The summed E-state index contributed by atoms with van der Waals surface area (Å²) in [6, 6.07) is 28.8. The summed E-state index contributed by atoms with van der Waals surface area (Å²) < 4.78 is 27.7. The number of carbonyl (C=O) groups is 1. The lowest BCUT2D eigenvalue weighted by Crippen LogP contribution is -2.30. The van der Waals surface area contributed by atoms with Gasteiger partial charge in [-0.2, -0.15) is 0 Å². The normalized spacial score (nSPS) is 11.6. The maximum Gasteiger partial charge on any atom is 0.233 e. The number of anilines is 1. The summed E-state index contributed by atoms with van der Waals surface area (Å²) in [5, 5.41) is 0. The zero-order valence-corrected chi connectivity index (χ0v) is 22.0. The summed E-state index contributed by atoms with van der Waals surface area (Å²) in [6.45, 7) is 2.19. The molecule has 1 heterocycles. The van der Waals surface area contributed by atoms with Gasteiger partial charge in [-0.3, -0.25) is 9.10 Å². The fourth-order valence-electron chi connectivity index (χ4n) is 4.31. The number of H-pyrrole nitrogens is 1. The Kier molecular flexibility index (Phi) is 8.41. The standard InChI is InChI=1S/C31H32N2O3S/c1-3-4-20-28(34)30-27(22-21-24-14-8-5-9-15-24)32-31(29(30)26-18-12-7-13-19-26)33(37(2,35)36)23-25-16-10-6-11-17-25/h5-19,21-22,32H,3-4,20,23H2,1-2H3/b22-21+. The molecule has 0 radical (unpaired) electrons. The third-order valence-electron chi connectivity index (χ3n) is 6.17. The van der Waals surface area contributed by atoms with Crippen molar-refractivity contribution in [2.24, 2.45) is 0 Å². The van der Waals surface area contributed by atoms with Gasteiger partial charge in [-0.05, 0) is 29.2 Å². The van der Waals surface area contributed by atoms with Crippen LogP contribution in [-0.4, -0.2) is 25.4 Å². The van der Waals surface area contributed by atoms with Crippen LogP contribution in [0.5, 0.6) is 0 Å². The summed E-state index contributed by atoms with van der Waals surface area (Å²) in [6.07, 6.45) is 7.04. The molecule has 0 aliphatic rings. The first-order valence-corrected chi connectivity index (χ1v) is 14.3. The van der Waals surface area contributed by atoms with Crippen molar-refractivity contribution in [1.29, 1.82) is 0 Å². The van der Waals surface area contributed by atoms with Gasteiger partial charge < -0.3 is 4.98 Å². The number of benzene rings is 3. The van der Waals surface area contributed by atoms with Gasteiger partial charge in [0.1, 0.15) is 5.82 Å². The van der Waals surface area contributed by atoms with Crippen LogP contribution in [0.25, 0.3) is 23.3 Å². The fourth-order valence-corrected chi connectivity index (χ4v) is 5.16. The van der Waals surface area contributed by atoms with E-state index in [1.807, 2.05) is 103 Å². The summed E-state index contributed by atoms with van der Waals surface area (Å²) in [7, 11) is -3.69. The lowest BCUT2D eigenvalue weighted by molar-refractivity contribution is 0.0980. The topological polar surface area (TPSA) is 70.2 Å². The molecule has 1 aromatic heterocycles. The van der Waals surface area contributed by atoms with E-state index in [2.05, 4.69) is 11.9 Å². The average molecular weight is 513 g/mol. The van der Waals surface area contributed by atoms with Crippen molar-refractivity contribution in [3.05, 3.63) is 113 Å². The second kappa shape index (κ2) is 11.9. The maximum atomic E-state index is 13.7. The fraction of sp³-hybridized carbons (Fsp3) is 0.194. The SMILES string of the molecule is CCCCC(=O)c1c(/C=C/c2ccccc2)[nH]c(N(Cc2ccccc2)S(C)(=O)=O)c1-c1ccccc1. The number of unbranched alkanes of at least 4 members (excludes halogenated alkanes) is 1. The number of nitrogens with zero attached hydrogens (tertiary/aromatic N) is 1. The number of ketones is 1. The molecule has 190 valence electrons. The van der Waals surface area contributed by atoms with E-state index >= 15 is 0 Å². The Morgan fingerprint density at radius 3 is 2.05 bits per heavy atom. The van der Waals surface area contributed by atoms with Crippen molar-refractivity contribution in [3.8, 4) is 11.1 Å². The van der Waals surface area contributed by atoms with Crippen LogP contribution in [0.4, 0.5) is 5.82 Å². The van der Waals surface area contributed by atoms with E-state index in [9.17, 15) is 13.2 Å². The molecule has 0 fully saturated rings. The zero-order chi connectivity index (χ0) is 26.3. The molecule has 0 aliphatic heterocycles. The molecule has 0 bridgehead atoms. The van der Waals surface area contributed by atoms with E-state index < -0.39 is 10.0 Å². The predicted octanol–water partition coefficient (Wildman–Crippen LogP) is 7.19. The van der Waals surface area contributed by atoms with Gasteiger partial charge >= 0.3 is 0 Å². The predicted molar refractivity (Wildman–Crippen MR) is 153 cm³/mol. The molecule has 0 atom stereocenters. The quantitative estimate of drug-likeness (QED) is 0.216. The average Bonchev–Trinajstić information content (AvgIpc) is 3.29. The molecule has 0 spiro atoms. The van der Waals surface area contributed by atoms with E-state index in [-0.39, 0.29) is 12.3 Å². The number of hydrogen-bond acceptors (Lipinski definition) is 3. The highest BCUT2D eigenvalue weighted by atomic mass is 32.2. The van der Waals surface area contributed by atoms with E-state index in [4.69, 9.17) is 0 Å². The van der Waals surface area contributed by atoms with E-state index in [0.717, 1.165) is 29.5 Å². The molecule has 1 N–H and O–H groups in total. The highest BCUT2D eigenvalue weighted by Gasteiger charge is 2.29. The van der Waals surface area contributed by atoms with Gasteiger partial charge in [0.15, 0.2) is 5.78 Å². The van der Waals surface area contributed by atoms with Gasteiger partial charge in [0, 0.05) is 12.0 Å². The number of carbonyl (C=O) groups excluding carboxylic acids is 1. The summed E-state index contributed by atoms with van der Waals surface area (Å²) in [5.41, 5.74) is 4.34. The first-order chi connectivity index (χ1) is 17.9. The summed E-state index contributed by atoms with van der Waals surface area (Å²) in [5.74, 6) is 0.384. The summed E-state index contributed by atoms with van der Waals surface area (Å²) in [4.78, 5) is 17.0. The van der Waals surface area contributed by atoms with Crippen molar-refractivity contribution in [2.45, 2.75) is 32.7 Å².